The van der Waals surface area contributed by atoms with E-state index in [4.69, 9.17) is 4.74 Å². The number of azo groups is 1. The molecule has 0 aliphatic rings. The zero-order valence-electron chi connectivity index (χ0n) is 12.0. The number of nitro benzene ring substituents is 1. The van der Waals surface area contributed by atoms with Gasteiger partial charge in [0.1, 0.15) is 5.75 Å². The quantitative estimate of drug-likeness (QED) is 0.466. The van der Waals surface area contributed by atoms with E-state index >= 15 is 0 Å². The van der Waals surface area contributed by atoms with Gasteiger partial charge in [0.15, 0.2) is 0 Å². The Morgan fingerprint density at radius 1 is 1.00 bits per heavy atom. The molecule has 0 atom stereocenters. The van der Waals surface area contributed by atoms with Crippen molar-refractivity contribution in [1.29, 1.82) is 0 Å². The fourth-order valence-corrected chi connectivity index (χ4v) is 1.86. The van der Waals surface area contributed by atoms with Gasteiger partial charge in [-0.3, -0.25) is 10.1 Å². The van der Waals surface area contributed by atoms with Crippen LogP contribution in [0.15, 0.2) is 46.6 Å². The van der Waals surface area contributed by atoms with Gasteiger partial charge in [-0.05, 0) is 49.2 Å². The molecule has 2 rings (SSSR count). The van der Waals surface area contributed by atoms with E-state index in [2.05, 4.69) is 10.2 Å². The molecule has 0 unspecified atom stereocenters. The summed E-state index contributed by atoms with van der Waals surface area (Å²) < 4.78 is 5.24. The van der Waals surface area contributed by atoms with Crippen molar-refractivity contribution in [3.8, 4) is 5.75 Å². The summed E-state index contributed by atoms with van der Waals surface area (Å²) in [6.45, 7) is 3.90. The van der Waals surface area contributed by atoms with Crippen LogP contribution >= 0.6 is 0 Å². The van der Waals surface area contributed by atoms with Crippen LogP contribution in [0.5, 0.6) is 5.75 Å². The number of rotatable bonds is 4. The zero-order valence-corrected chi connectivity index (χ0v) is 12.0. The van der Waals surface area contributed by atoms with Crippen molar-refractivity contribution < 1.29 is 9.66 Å². The lowest BCUT2D eigenvalue weighted by atomic mass is 10.1. The third-order valence-corrected chi connectivity index (χ3v) is 3.26. The Morgan fingerprint density at radius 2 is 1.67 bits per heavy atom. The van der Waals surface area contributed by atoms with Crippen LogP contribution in [-0.4, -0.2) is 12.0 Å². The average Bonchev–Trinajstić information content (AvgIpc) is 2.49. The molecule has 6 heteroatoms. The Morgan fingerprint density at radius 3 is 2.24 bits per heavy atom. The molecule has 2 aromatic carbocycles. The van der Waals surface area contributed by atoms with E-state index in [9.17, 15) is 10.1 Å². The van der Waals surface area contributed by atoms with Crippen LogP contribution in [0, 0.1) is 24.0 Å². The smallest absolute Gasteiger partial charge is 0.269 e. The predicted molar refractivity (Wildman–Crippen MR) is 79.7 cm³/mol. The molecule has 0 spiro atoms. The standard InChI is InChI=1S/C15H15N3O3/c1-10-11(2)15(21-3)9-8-14(10)17-16-12-4-6-13(7-5-12)18(19)20/h4-9H,1-3H3. The van der Waals surface area contributed by atoms with E-state index in [0.717, 1.165) is 22.6 Å². The van der Waals surface area contributed by atoms with Gasteiger partial charge in [0.2, 0.25) is 0 Å². The Hall–Kier alpha value is -2.76. The van der Waals surface area contributed by atoms with E-state index in [1.54, 1.807) is 19.2 Å². The zero-order chi connectivity index (χ0) is 15.4. The minimum absolute atomic E-state index is 0.0328. The number of nitrogens with zero attached hydrogens (tertiary/aromatic N) is 3. The van der Waals surface area contributed by atoms with Gasteiger partial charge < -0.3 is 4.74 Å². The molecular formula is C15H15N3O3. The number of benzene rings is 2. The maximum Gasteiger partial charge on any atom is 0.269 e. The van der Waals surface area contributed by atoms with Crippen LogP contribution in [0.4, 0.5) is 17.1 Å². The first kappa shape index (κ1) is 14.6. The first-order chi connectivity index (χ1) is 10.0. The fraction of sp³-hybridized carbons (Fsp3) is 0.200. The van der Waals surface area contributed by atoms with Crippen LogP contribution in [0.2, 0.25) is 0 Å². The normalized spacial score (nSPS) is 10.8. The second-order valence-corrected chi connectivity index (χ2v) is 4.51. The minimum Gasteiger partial charge on any atom is -0.496 e. The molecule has 0 bridgehead atoms. The van der Waals surface area contributed by atoms with Gasteiger partial charge in [0.05, 0.1) is 23.4 Å². The van der Waals surface area contributed by atoms with Crippen molar-refractivity contribution in [3.05, 3.63) is 57.6 Å². The van der Waals surface area contributed by atoms with Crippen molar-refractivity contribution >= 4 is 17.1 Å². The molecule has 0 heterocycles. The van der Waals surface area contributed by atoms with Crippen LogP contribution in [0.3, 0.4) is 0 Å². The second-order valence-electron chi connectivity index (χ2n) is 4.51. The molecule has 0 aliphatic heterocycles. The number of methoxy groups -OCH3 is 1. The molecule has 0 saturated carbocycles. The summed E-state index contributed by atoms with van der Waals surface area (Å²) in [6, 6.07) is 9.60. The van der Waals surface area contributed by atoms with Crippen LogP contribution in [0.1, 0.15) is 11.1 Å². The molecule has 0 saturated heterocycles. The predicted octanol–water partition coefficient (Wildman–Crippen LogP) is 4.64. The van der Waals surface area contributed by atoms with E-state index in [1.165, 1.54) is 12.1 Å². The van der Waals surface area contributed by atoms with Gasteiger partial charge in [-0.1, -0.05) is 0 Å². The van der Waals surface area contributed by atoms with Crippen LogP contribution in [0.25, 0.3) is 0 Å². The van der Waals surface area contributed by atoms with Crippen molar-refractivity contribution in [2.24, 2.45) is 10.2 Å². The maximum atomic E-state index is 10.6. The molecule has 0 fully saturated rings. The summed E-state index contributed by atoms with van der Waals surface area (Å²) in [7, 11) is 1.62. The Labute approximate surface area is 122 Å². The Bertz CT molecular complexity index is 694. The first-order valence-electron chi connectivity index (χ1n) is 6.33. The lowest BCUT2D eigenvalue weighted by Gasteiger charge is -2.08. The highest BCUT2D eigenvalue weighted by Crippen LogP contribution is 2.30. The van der Waals surface area contributed by atoms with Crippen molar-refractivity contribution in [2.45, 2.75) is 13.8 Å². The molecule has 0 aromatic heterocycles. The number of hydrogen-bond acceptors (Lipinski definition) is 5. The van der Waals surface area contributed by atoms with Crippen LogP contribution < -0.4 is 4.74 Å². The summed E-state index contributed by atoms with van der Waals surface area (Å²) in [6.07, 6.45) is 0. The number of non-ortho nitro benzene ring substituents is 1. The lowest BCUT2D eigenvalue weighted by Crippen LogP contribution is -1.89. The second kappa shape index (κ2) is 6.13. The van der Waals surface area contributed by atoms with Crippen molar-refractivity contribution in [3.63, 3.8) is 0 Å². The number of nitro groups is 1. The highest BCUT2D eigenvalue weighted by atomic mass is 16.6. The van der Waals surface area contributed by atoms with Gasteiger partial charge in [0.25, 0.3) is 5.69 Å². The summed E-state index contributed by atoms with van der Waals surface area (Å²) in [4.78, 5) is 10.1. The minimum atomic E-state index is -0.447. The summed E-state index contributed by atoms with van der Waals surface area (Å²) in [5.41, 5.74) is 3.34. The third kappa shape index (κ3) is 3.22. The number of hydrogen-bond donors (Lipinski definition) is 0. The molecule has 21 heavy (non-hydrogen) atoms. The molecule has 2 aromatic rings. The topological polar surface area (TPSA) is 77.1 Å². The molecule has 0 amide bonds. The maximum absolute atomic E-state index is 10.6. The summed E-state index contributed by atoms with van der Waals surface area (Å²) in [5.74, 6) is 0.807. The van der Waals surface area contributed by atoms with Gasteiger partial charge in [-0.15, -0.1) is 0 Å². The first-order valence-corrected chi connectivity index (χ1v) is 6.33. The molecule has 0 aliphatic carbocycles. The third-order valence-electron chi connectivity index (χ3n) is 3.26. The fourth-order valence-electron chi connectivity index (χ4n) is 1.86. The van der Waals surface area contributed by atoms with E-state index in [0.29, 0.717) is 5.69 Å². The molecule has 0 N–H and O–H groups in total. The molecular weight excluding hydrogens is 270 g/mol. The largest absolute Gasteiger partial charge is 0.496 e. The SMILES string of the molecule is COc1ccc(N=Nc2ccc([N+](=O)[O-])cc2)c(C)c1C. The van der Waals surface area contributed by atoms with Gasteiger partial charge >= 0.3 is 0 Å². The van der Waals surface area contributed by atoms with Gasteiger partial charge in [0, 0.05) is 12.1 Å². The lowest BCUT2D eigenvalue weighted by molar-refractivity contribution is -0.384. The number of ether oxygens (including phenoxy) is 1. The van der Waals surface area contributed by atoms with E-state index in [-0.39, 0.29) is 5.69 Å². The van der Waals surface area contributed by atoms with Crippen molar-refractivity contribution in [1.82, 2.24) is 0 Å². The monoisotopic (exact) mass is 285 g/mol. The summed E-state index contributed by atoms with van der Waals surface area (Å²) in [5, 5.41) is 18.9. The summed E-state index contributed by atoms with van der Waals surface area (Å²) >= 11 is 0. The van der Waals surface area contributed by atoms with E-state index < -0.39 is 4.92 Å². The molecule has 108 valence electrons. The van der Waals surface area contributed by atoms with E-state index in [1.807, 2.05) is 26.0 Å². The van der Waals surface area contributed by atoms with Gasteiger partial charge in [-0.2, -0.15) is 10.2 Å². The van der Waals surface area contributed by atoms with Crippen molar-refractivity contribution in [2.75, 3.05) is 7.11 Å². The highest BCUT2D eigenvalue weighted by Gasteiger charge is 2.06. The Balaban J connectivity index is 2.25. The Kier molecular flexibility index (Phi) is 4.27. The molecule has 6 nitrogen and oxygen atoms in total. The van der Waals surface area contributed by atoms with Crippen LogP contribution in [-0.2, 0) is 0 Å². The highest BCUT2D eigenvalue weighted by molar-refractivity contribution is 5.55. The van der Waals surface area contributed by atoms with Gasteiger partial charge in [-0.25, -0.2) is 0 Å². The molecule has 0 radical (unpaired) electrons. The average molecular weight is 285 g/mol.